The van der Waals surface area contributed by atoms with Gasteiger partial charge in [-0.3, -0.25) is 9.59 Å². The first-order chi connectivity index (χ1) is 17.2. The number of fused-ring (bicyclic) bond motifs is 4. The lowest BCUT2D eigenvalue weighted by molar-refractivity contribution is -0.135. The van der Waals surface area contributed by atoms with E-state index in [-0.39, 0.29) is 41.5 Å². The van der Waals surface area contributed by atoms with Crippen molar-refractivity contribution in [2.45, 2.75) is 76.0 Å². The Balaban J connectivity index is 1.14. The number of aliphatic hydroxyl groups excluding tert-OH is 1. The number of hydrogen-bond donors (Lipinski definition) is 2. The molecule has 2 unspecified atom stereocenters. The molecule has 2 atom stereocenters. The molecule has 8 heteroatoms. The Morgan fingerprint density at radius 3 is 2.56 bits per heavy atom. The lowest BCUT2D eigenvalue weighted by Gasteiger charge is -2.53. The second-order valence-electron chi connectivity index (χ2n) is 10.7. The molecular formula is C28H31ClFNO5. The first kappa shape index (κ1) is 25.0. The summed E-state index contributed by atoms with van der Waals surface area (Å²) < 4.78 is 25.2. The third-order valence-electron chi connectivity index (χ3n) is 8.27. The van der Waals surface area contributed by atoms with Crippen molar-refractivity contribution in [3.05, 3.63) is 58.4 Å². The fourth-order valence-electron chi connectivity index (χ4n) is 5.96. The lowest BCUT2D eigenvalue weighted by Crippen LogP contribution is -2.58. The molecule has 2 aromatic carbocycles. The Labute approximate surface area is 215 Å². The van der Waals surface area contributed by atoms with Gasteiger partial charge in [-0.2, -0.15) is 0 Å². The molecule has 3 fully saturated rings. The van der Waals surface area contributed by atoms with Gasteiger partial charge in [-0.15, -0.1) is 0 Å². The first-order valence-corrected chi connectivity index (χ1v) is 12.9. The zero-order valence-electron chi connectivity index (χ0n) is 20.3. The third-order valence-corrected chi connectivity index (χ3v) is 8.50. The number of Topliss-reactive ketones (excluding diaryl/α,β-unsaturated/α-hetero) is 1. The summed E-state index contributed by atoms with van der Waals surface area (Å²) in [7, 11) is 0. The minimum Gasteiger partial charge on any atom is -0.484 e. The van der Waals surface area contributed by atoms with E-state index in [1.165, 1.54) is 6.07 Å². The van der Waals surface area contributed by atoms with Gasteiger partial charge < -0.3 is 19.9 Å². The summed E-state index contributed by atoms with van der Waals surface area (Å²) in [6.07, 6.45) is 4.17. The largest absolute Gasteiger partial charge is 0.484 e. The number of ether oxygens (including phenoxy) is 2. The minimum atomic E-state index is -0.780. The van der Waals surface area contributed by atoms with Crippen LogP contribution < -0.4 is 14.8 Å². The molecule has 0 radical (unpaired) electrons. The predicted octanol–water partition coefficient (Wildman–Crippen LogP) is 5.22. The number of benzene rings is 2. The Bertz CT molecular complexity index is 1160. The molecule has 36 heavy (non-hydrogen) atoms. The summed E-state index contributed by atoms with van der Waals surface area (Å²) >= 11 is 6.03. The summed E-state index contributed by atoms with van der Waals surface area (Å²) in [5.74, 6) is 0.283. The molecule has 4 aliphatic rings. The van der Waals surface area contributed by atoms with Crippen LogP contribution in [0.3, 0.4) is 0 Å². The van der Waals surface area contributed by atoms with E-state index in [4.69, 9.17) is 21.1 Å². The fraction of sp³-hybridized carbons (Fsp3) is 0.500. The van der Waals surface area contributed by atoms with Gasteiger partial charge in [0.1, 0.15) is 17.3 Å². The van der Waals surface area contributed by atoms with E-state index in [0.29, 0.717) is 34.1 Å². The zero-order chi connectivity index (χ0) is 25.5. The standard InChI is InChI=1S/C28H31ClFNO5/c1-17-2-4-19(13-21(17)30)35-16-26(34)31-28-9-6-27(7-10-28,8-11-28)15-23(33)25-14-22(32)20-12-18(29)3-5-24(20)36-25/h2-5,12-13,22,25,32H,6-11,14-16H2,1H3,(H,31,34). The highest BCUT2D eigenvalue weighted by molar-refractivity contribution is 6.30. The van der Waals surface area contributed by atoms with Crippen LogP contribution in [0.5, 0.6) is 11.5 Å². The Hall–Kier alpha value is -2.64. The number of hydrogen-bond acceptors (Lipinski definition) is 5. The number of ketones is 1. The van der Waals surface area contributed by atoms with Crippen LogP contribution in [0.1, 0.15) is 68.6 Å². The highest BCUT2D eigenvalue weighted by Gasteiger charge is 2.50. The molecule has 0 spiro atoms. The number of rotatable bonds is 7. The van der Waals surface area contributed by atoms with Gasteiger partial charge in [0, 0.05) is 35.0 Å². The average molecular weight is 516 g/mol. The van der Waals surface area contributed by atoms with Crippen molar-refractivity contribution >= 4 is 23.3 Å². The smallest absolute Gasteiger partial charge is 0.258 e. The molecule has 2 bridgehead atoms. The quantitative estimate of drug-likeness (QED) is 0.528. The maximum absolute atomic E-state index is 13.7. The highest BCUT2D eigenvalue weighted by Crippen LogP contribution is 2.54. The minimum absolute atomic E-state index is 0.0202. The zero-order valence-corrected chi connectivity index (χ0v) is 21.1. The van der Waals surface area contributed by atoms with Crippen LogP contribution in [-0.4, -0.2) is 35.0 Å². The molecule has 192 valence electrons. The van der Waals surface area contributed by atoms with Gasteiger partial charge in [-0.1, -0.05) is 17.7 Å². The molecule has 1 heterocycles. The summed E-state index contributed by atoms with van der Waals surface area (Å²) in [6, 6.07) is 9.64. The maximum Gasteiger partial charge on any atom is 0.258 e. The van der Waals surface area contributed by atoms with Crippen molar-refractivity contribution in [1.82, 2.24) is 5.32 Å². The second kappa shape index (κ2) is 9.67. The topological polar surface area (TPSA) is 84.9 Å². The van der Waals surface area contributed by atoms with E-state index in [1.807, 2.05) is 0 Å². The number of nitrogens with one attached hydrogen (secondary N) is 1. The molecule has 6 nitrogen and oxygen atoms in total. The van der Waals surface area contributed by atoms with Gasteiger partial charge >= 0.3 is 0 Å². The third kappa shape index (κ3) is 5.09. The van der Waals surface area contributed by atoms with Crippen LogP contribution in [0.25, 0.3) is 0 Å². The average Bonchev–Trinajstić information content (AvgIpc) is 2.86. The first-order valence-electron chi connectivity index (χ1n) is 12.5. The Kier molecular flexibility index (Phi) is 6.72. The molecule has 6 rings (SSSR count). The van der Waals surface area contributed by atoms with Crippen LogP contribution in [0.4, 0.5) is 4.39 Å². The molecule has 3 aliphatic carbocycles. The van der Waals surface area contributed by atoms with Crippen LogP contribution in [0.15, 0.2) is 36.4 Å². The van der Waals surface area contributed by atoms with Crippen molar-refractivity contribution in [2.75, 3.05) is 6.61 Å². The van der Waals surface area contributed by atoms with Gasteiger partial charge in [-0.05, 0) is 80.7 Å². The van der Waals surface area contributed by atoms with Gasteiger partial charge in [0.15, 0.2) is 18.5 Å². The summed E-state index contributed by atoms with van der Waals surface area (Å²) in [4.78, 5) is 25.8. The summed E-state index contributed by atoms with van der Waals surface area (Å²) in [5.41, 5.74) is 0.781. The van der Waals surface area contributed by atoms with Crippen LogP contribution >= 0.6 is 11.6 Å². The summed E-state index contributed by atoms with van der Waals surface area (Å²) in [5, 5.41) is 14.2. The molecule has 1 aliphatic heterocycles. The van der Waals surface area contributed by atoms with Crippen molar-refractivity contribution < 1.29 is 28.6 Å². The van der Waals surface area contributed by atoms with Crippen molar-refractivity contribution in [3.8, 4) is 11.5 Å². The van der Waals surface area contributed by atoms with E-state index in [0.717, 1.165) is 38.5 Å². The van der Waals surface area contributed by atoms with Crippen molar-refractivity contribution in [2.24, 2.45) is 5.41 Å². The van der Waals surface area contributed by atoms with Crippen LogP contribution in [0, 0.1) is 18.2 Å². The van der Waals surface area contributed by atoms with Gasteiger partial charge in [-0.25, -0.2) is 4.39 Å². The number of aryl methyl sites for hydroxylation is 1. The molecular weight excluding hydrogens is 485 g/mol. The van der Waals surface area contributed by atoms with E-state index < -0.39 is 12.2 Å². The molecule has 2 aromatic rings. The van der Waals surface area contributed by atoms with E-state index in [9.17, 15) is 19.1 Å². The lowest BCUT2D eigenvalue weighted by atomic mass is 9.55. The SMILES string of the molecule is Cc1ccc(OCC(=O)NC23CCC(CC(=O)C4CC(O)c5cc(Cl)ccc5O4)(CC2)CC3)cc1F. The molecule has 3 saturated carbocycles. The number of aliphatic hydroxyl groups is 1. The number of amides is 1. The number of halogens is 2. The normalized spacial score (nSPS) is 28.7. The fourth-order valence-corrected chi connectivity index (χ4v) is 6.14. The van der Waals surface area contributed by atoms with E-state index >= 15 is 0 Å². The molecule has 1 amide bonds. The van der Waals surface area contributed by atoms with E-state index in [1.54, 1.807) is 37.3 Å². The number of carbonyl (C=O) groups is 2. The Morgan fingerprint density at radius 1 is 1.14 bits per heavy atom. The Morgan fingerprint density at radius 2 is 1.86 bits per heavy atom. The van der Waals surface area contributed by atoms with Gasteiger partial charge in [0.2, 0.25) is 0 Å². The predicted molar refractivity (Wildman–Crippen MR) is 133 cm³/mol. The van der Waals surface area contributed by atoms with E-state index in [2.05, 4.69) is 5.32 Å². The highest BCUT2D eigenvalue weighted by atomic mass is 35.5. The van der Waals surface area contributed by atoms with Crippen LogP contribution in [0.2, 0.25) is 5.02 Å². The molecule has 0 saturated heterocycles. The molecule has 2 N–H and O–H groups in total. The van der Waals surface area contributed by atoms with Crippen molar-refractivity contribution in [3.63, 3.8) is 0 Å². The number of carbonyl (C=O) groups excluding carboxylic acids is 2. The van der Waals surface area contributed by atoms with Gasteiger partial charge in [0.05, 0.1) is 6.10 Å². The van der Waals surface area contributed by atoms with Crippen molar-refractivity contribution in [1.29, 1.82) is 0 Å². The van der Waals surface area contributed by atoms with Crippen LogP contribution in [-0.2, 0) is 9.59 Å². The molecule has 0 aromatic heterocycles. The second-order valence-corrected chi connectivity index (χ2v) is 11.1. The summed E-state index contributed by atoms with van der Waals surface area (Å²) in [6.45, 7) is 1.51. The maximum atomic E-state index is 13.7. The van der Waals surface area contributed by atoms with Gasteiger partial charge in [0.25, 0.3) is 5.91 Å². The monoisotopic (exact) mass is 515 g/mol.